The van der Waals surface area contributed by atoms with Crippen LogP contribution in [0.25, 0.3) is 0 Å². The molecule has 0 aliphatic rings. The molecule has 0 atom stereocenters. The van der Waals surface area contributed by atoms with E-state index in [1.54, 1.807) is 6.07 Å². The fraction of sp³-hybridized carbons (Fsp3) is 0.250. The molecule has 1 rings (SSSR count). The Morgan fingerprint density at radius 2 is 1.74 bits per heavy atom. The van der Waals surface area contributed by atoms with E-state index >= 15 is 0 Å². The number of aromatic carboxylic acids is 1. The van der Waals surface area contributed by atoms with Crippen molar-refractivity contribution in [1.29, 1.82) is 0 Å². The SMILES string of the molecule is O=C(O)CCOCNC(=O)c1ccccc1C(=O)O. The molecule has 3 N–H and O–H groups in total. The quantitative estimate of drug-likeness (QED) is 0.491. The second-order valence-electron chi connectivity index (χ2n) is 3.55. The van der Waals surface area contributed by atoms with Crippen LogP contribution in [-0.2, 0) is 9.53 Å². The molecule has 7 nitrogen and oxygen atoms in total. The number of rotatable bonds is 7. The molecule has 1 amide bonds. The van der Waals surface area contributed by atoms with Crippen molar-refractivity contribution in [3.8, 4) is 0 Å². The van der Waals surface area contributed by atoms with Crippen molar-refractivity contribution in [3.05, 3.63) is 35.4 Å². The maximum Gasteiger partial charge on any atom is 0.336 e. The fourth-order valence-corrected chi connectivity index (χ4v) is 1.31. The van der Waals surface area contributed by atoms with Gasteiger partial charge in [0.05, 0.1) is 24.2 Å². The van der Waals surface area contributed by atoms with E-state index in [0.29, 0.717) is 0 Å². The van der Waals surface area contributed by atoms with Gasteiger partial charge in [-0.15, -0.1) is 0 Å². The van der Waals surface area contributed by atoms with Crippen LogP contribution >= 0.6 is 0 Å². The first-order chi connectivity index (χ1) is 9.02. The van der Waals surface area contributed by atoms with Crippen LogP contribution in [0.4, 0.5) is 0 Å². The number of carboxylic acid groups (broad SMARTS) is 2. The molecule has 0 saturated carbocycles. The number of hydrogen-bond donors (Lipinski definition) is 3. The van der Waals surface area contributed by atoms with Gasteiger partial charge in [0.1, 0.15) is 6.73 Å². The first-order valence-corrected chi connectivity index (χ1v) is 5.42. The fourth-order valence-electron chi connectivity index (χ4n) is 1.31. The van der Waals surface area contributed by atoms with Crippen molar-refractivity contribution in [2.75, 3.05) is 13.3 Å². The number of hydrogen-bond acceptors (Lipinski definition) is 4. The summed E-state index contributed by atoms with van der Waals surface area (Å²) in [5, 5.41) is 19.6. The Bertz CT molecular complexity index is 485. The maximum absolute atomic E-state index is 11.7. The van der Waals surface area contributed by atoms with Gasteiger partial charge in [0.25, 0.3) is 5.91 Å². The van der Waals surface area contributed by atoms with Crippen molar-refractivity contribution in [2.45, 2.75) is 6.42 Å². The van der Waals surface area contributed by atoms with Gasteiger partial charge in [0.2, 0.25) is 0 Å². The number of nitrogens with one attached hydrogen (secondary N) is 1. The van der Waals surface area contributed by atoms with Crippen LogP contribution in [0.3, 0.4) is 0 Å². The van der Waals surface area contributed by atoms with Crippen LogP contribution in [0.2, 0.25) is 0 Å². The summed E-state index contributed by atoms with van der Waals surface area (Å²) in [4.78, 5) is 32.8. The van der Waals surface area contributed by atoms with Gasteiger partial charge in [0.15, 0.2) is 0 Å². The highest BCUT2D eigenvalue weighted by molar-refractivity contribution is 6.04. The highest BCUT2D eigenvalue weighted by Crippen LogP contribution is 2.08. The molecule has 0 bridgehead atoms. The van der Waals surface area contributed by atoms with Gasteiger partial charge in [-0.3, -0.25) is 9.59 Å². The summed E-state index contributed by atoms with van der Waals surface area (Å²) >= 11 is 0. The van der Waals surface area contributed by atoms with Gasteiger partial charge < -0.3 is 20.3 Å². The molecule has 0 aliphatic heterocycles. The van der Waals surface area contributed by atoms with Crippen molar-refractivity contribution in [1.82, 2.24) is 5.32 Å². The Kier molecular flexibility index (Phi) is 5.49. The van der Waals surface area contributed by atoms with E-state index in [9.17, 15) is 14.4 Å². The minimum atomic E-state index is -1.20. The third-order valence-corrected chi connectivity index (χ3v) is 2.20. The van der Waals surface area contributed by atoms with E-state index in [0.717, 1.165) is 0 Å². The second kappa shape index (κ2) is 7.12. The molecule has 0 heterocycles. The lowest BCUT2D eigenvalue weighted by molar-refractivity contribution is -0.138. The standard InChI is InChI=1S/C12H13NO6/c14-10(15)5-6-19-7-13-11(16)8-3-1-2-4-9(8)12(17)18/h1-4H,5-7H2,(H,13,16)(H,14,15)(H,17,18). The molecule has 7 heteroatoms. The third-order valence-electron chi connectivity index (χ3n) is 2.20. The van der Waals surface area contributed by atoms with Gasteiger partial charge in [-0.1, -0.05) is 12.1 Å². The van der Waals surface area contributed by atoms with Crippen molar-refractivity contribution in [3.63, 3.8) is 0 Å². The maximum atomic E-state index is 11.7. The molecule has 19 heavy (non-hydrogen) atoms. The predicted octanol–water partition coefficient (Wildman–Crippen LogP) is 0.563. The van der Waals surface area contributed by atoms with Crippen LogP contribution in [0.15, 0.2) is 24.3 Å². The van der Waals surface area contributed by atoms with E-state index < -0.39 is 17.8 Å². The zero-order chi connectivity index (χ0) is 14.3. The number of ether oxygens (including phenoxy) is 1. The van der Waals surface area contributed by atoms with E-state index in [4.69, 9.17) is 14.9 Å². The topological polar surface area (TPSA) is 113 Å². The first kappa shape index (κ1) is 14.7. The molecule has 0 aliphatic carbocycles. The Balaban J connectivity index is 2.50. The third kappa shape index (κ3) is 4.76. The summed E-state index contributed by atoms with van der Waals surface area (Å²) in [6.07, 6.45) is -0.165. The van der Waals surface area contributed by atoms with Gasteiger partial charge >= 0.3 is 11.9 Å². The number of carbonyl (C=O) groups is 3. The molecular formula is C12H13NO6. The number of amides is 1. The molecule has 0 spiro atoms. The molecule has 0 saturated heterocycles. The average Bonchev–Trinajstić information content (AvgIpc) is 2.37. The van der Waals surface area contributed by atoms with E-state index in [2.05, 4.69) is 5.32 Å². The molecule has 102 valence electrons. The Labute approximate surface area is 108 Å². The number of carbonyl (C=O) groups excluding carboxylic acids is 1. The second-order valence-corrected chi connectivity index (χ2v) is 3.55. The van der Waals surface area contributed by atoms with E-state index in [-0.39, 0.29) is 30.9 Å². The molecule has 0 unspecified atom stereocenters. The molecule has 0 aromatic heterocycles. The predicted molar refractivity (Wildman–Crippen MR) is 63.9 cm³/mol. The minimum absolute atomic E-state index is 0.0248. The van der Waals surface area contributed by atoms with Gasteiger partial charge in [-0.05, 0) is 12.1 Å². The minimum Gasteiger partial charge on any atom is -0.481 e. The lowest BCUT2D eigenvalue weighted by Gasteiger charge is -2.07. The molecule has 1 aromatic rings. The van der Waals surface area contributed by atoms with Gasteiger partial charge in [-0.2, -0.15) is 0 Å². The lowest BCUT2D eigenvalue weighted by atomic mass is 10.1. The normalized spacial score (nSPS) is 9.89. The highest BCUT2D eigenvalue weighted by Gasteiger charge is 2.15. The first-order valence-electron chi connectivity index (χ1n) is 5.42. The summed E-state index contributed by atoms with van der Waals surface area (Å²) in [6.45, 7) is -0.212. The average molecular weight is 267 g/mol. The van der Waals surface area contributed by atoms with Crippen LogP contribution in [-0.4, -0.2) is 41.4 Å². The van der Waals surface area contributed by atoms with Gasteiger partial charge in [-0.25, -0.2) is 4.79 Å². The zero-order valence-corrected chi connectivity index (χ0v) is 9.96. The van der Waals surface area contributed by atoms with Gasteiger partial charge in [0, 0.05) is 0 Å². The smallest absolute Gasteiger partial charge is 0.336 e. The van der Waals surface area contributed by atoms with E-state index in [1.807, 2.05) is 0 Å². The van der Waals surface area contributed by atoms with Crippen molar-refractivity contribution < 1.29 is 29.3 Å². The molecule has 1 aromatic carbocycles. The number of aliphatic carboxylic acids is 1. The summed E-state index contributed by atoms with van der Waals surface area (Å²) in [5.74, 6) is -2.78. The highest BCUT2D eigenvalue weighted by atomic mass is 16.5. The summed E-state index contributed by atoms with van der Waals surface area (Å²) in [6, 6.07) is 5.77. The molecule has 0 fully saturated rings. The summed E-state index contributed by atoms with van der Waals surface area (Å²) < 4.78 is 4.88. The summed E-state index contributed by atoms with van der Waals surface area (Å²) in [7, 11) is 0. The molecule has 0 radical (unpaired) electrons. The number of carboxylic acids is 2. The monoisotopic (exact) mass is 267 g/mol. The van der Waals surface area contributed by atoms with Crippen molar-refractivity contribution in [2.24, 2.45) is 0 Å². The Morgan fingerprint density at radius 3 is 2.32 bits per heavy atom. The number of benzene rings is 1. The van der Waals surface area contributed by atoms with Crippen LogP contribution in [0.5, 0.6) is 0 Å². The Hall–Kier alpha value is -2.41. The lowest BCUT2D eigenvalue weighted by Crippen LogP contribution is -2.28. The van der Waals surface area contributed by atoms with Crippen LogP contribution in [0.1, 0.15) is 27.1 Å². The zero-order valence-electron chi connectivity index (χ0n) is 9.96. The van der Waals surface area contributed by atoms with Crippen molar-refractivity contribution >= 4 is 17.8 Å². The largest absolute Gasteiger partial charge is 0.481 e. The van der Waals surface area contributed by atoms with Crippen LogP contribution in [0, 0.1) is 0 Å². The Morgan fingerprint density at radius 1 is 1.11 bits per heavy atom. The summed E-state index contributed by atoms with van der Waals surface area (Å²) in [5.41, 5.74) is -0.0811. The van der Waals surface area contributed by atoms with Crippen LogP contribution < -0.4 is 5.32 Å². The van der Waals surface area contributed by atoms with E-state index in [1.165, 1.54) is 18.2 Å². The molecular weight excluding hydrogens is 254 g/mol.